The van der Waals surface area contributed by atoms with Crippen molar-refractivity contribution in [1.29, 1.82) is 0 Å². The number of para-hydroxylation sites is 1. The number of fused-ring (bicyclic) bond motifs is 1. The minimum Gasteiger partial charge on any atom is -0.478 e. The number of anilines is 2. The summed E-state index contributed by atoms with van der Waals surface area (Å²) in [6, 6.07) is 21.3. The fourth-order valence-corrected chi connectivity index (χ4v) is 5.06. The molecule has 4 rings (SSSR count). The predicted molar refractivity (Wildman–Crippen MR) is 151 cm³/mol. The van der Waals surface area contributed by atoms with Gasteiger partial charge in [0.05, 0.1) is 11.3 Å². The first-order valence-corrected chi connectivity index (χ1v) is 13.6. The third kappa shape index (κ3) is 6.80. The minimum atomic E-state index is -0.938. The molecule has 0 saturated carbocycles. The molecular weight excluding hydrogens is 500 g/mol. The van der Waals surface area contributed by atoms with Crippen LogP contribution in [-0.4, -0.2) is 41.0 Å². The number of hydrogen-bond acceptors (Lipinski definition) is 5. The van der Waals surface area contributed by atoms with Crippen LogP contribution in [0, 0.1) is 0 Å². The van der Waals surface area contributed by atoms with E-state index in [0.717, 1.165) is 47.6 Å². The molecule has 3 N–H and O–H groups in total. The van der Waals surface area contributed by atoms with Gasteiger partial charge < -0.3 is 15.3 Å². The Morgan fingerprint density at radius 1 is 1.00 bits per heavy atom. The van der Waals surface area contributed by atoms with Crippen molar-refractivity contribution in [3.05, 3.63) is 89.5 Å². The second-order valence-electron chi connectivity index (χ2n) is 8.84. The van der Waals surface area contributed by atoms with Crippen molar-refractivity contribution in [2.24, 2.45) is 5.10 Å². The van der Waals surface area contributed by atoms with Gasteiger partial charge in [0.2, 0.25) is 0 Å². The molecule has 3 aromatic rings. The van der Waals surface area contributed by atoms with Crippen molar-refractivity contribution in [2.45, 2.75) is 37.5 Å². The van der Waals surface area contributed by atoms with E-state index in [-0.39, 0.29) is 17.2 Å². The Kier molecular flexibility index (Phi) is 9.16. The van der Waals surface area contributed by atoms with E-state index < -0.39 is 12.0 Å². The average Bonchev–Trinajstić information content (AvgIpc) is 3.18. The summed E-state index contributed by atoms with van der Waals surface area (Å²) in [6.45, 7) is 2.71. The number of benzene rings is 3. The van der Waals surface area contributed by atoms with Gasteiger partial charge in [-0.3, -0.25) is 4.79 Å². The van der Waals surface area contributed by atoms with Gasteiger partial charge in [-0.25, -0.2) is 15.0 Å². The van der Waals surface area contributed by atoms with Gasteiger partial charge in [-0.1, -0.05) is 50.1 Å². The summed E-state index contributed by atoms with van der Waals surface area (Å²) in [5.74, 6) is -0.382. The van der Waals surface area contributed by atoms with E-state index in [2.05, 4.69) is 22.8 Å². The first kappa shape index (κ1) is 26.9. The van der Waals surface area contributed by atoms with Crippen molar-refractivity contribution >= 4 is 46.8 Å². The molecule has 1 heterocycles. The third-order valence-electron chi connectivity index (χ3n) is 6.11. The molecule has 0 saturated heterocycles. The van der Waals surface area contributed by atoms with Gasteiger partial charge in [-0.05, 0) is 60.9 Å². The number of urea groups is 1. The molecule has 3 aromatic carbocycles. The zero-order valence-corrected chi connectivity index (χ0v) is 22.0. The molecule has 0 fully saturated rings. The Balaban J connectivity index is 1.47. The molecule has 0 aromatic heterocycles. The summed E-state index contributed by atoms with van der Waals surface area (Å²) in [5.41, 5.74) is 6.12. The number of hydrazone groups is 1. The highest BCUT2D eigenvalue weighted by Crippen LogP contribution is 2.33. The number of thioether (sulfide) groups is 1. The molecule has 1 aliphatic rings. The lowest BCUT2D eigenvalue weighted by Gasteiger charge is -2.16. The number of aryl methyl sites for hydroxylation is 1. The number of carbonyl (C=O) groups is 3. The molecular formula is C29H30N4O4S. The maximum absolute atomic E-state index is 13.3. The maximum atomic E-state index is 13.3. The monoisotopic (exact) mass is 530 g/mol. The summed E-state index contributed by atoms with van der Waals surface area (Å²) >= 11 is 1.64. The van der Waals surface area contributed by atoms with Crippen LogP contribution in [0.2, 0.25) is 0 Å². The molecule has 196 valence electrons. The number of rotatable bonds is 11. The minimum absolute atomic E-state index is 0.214. The van der Waals surface area contributed by atoms with Crippen molar-refractivity contribution in [1.82, 2.24) is 5.43 Å². The number of nitrogens with zero attached hydrogens (tertiary/aromatic N) is 2. The number of nitrogens with one attached hydrogen (secondary N) is 2. The number of aromatic carboxylic acids is 1. The highest BCUT2D eigenvalue weighted by atomic mass is 32.2. The number of carboxylic acids is 1. The fourth-order valence-electron chi connectivity index (χ4n) is 4.12. The SMILES string of the molecule is CCCCCN1C(=O)C(=NNC(=O)Nc2ccccc2)c2cc(SCCc3ccc(C(=O)O)cc3)ccc21. The summed E-state index contributed by atoms with van der Waals surface area (Å²) < 4.78 is 0. The van der Waals surface area contributed by atoms with Crippen molar-refractivity contribution in [3.63, 3.8) is 0 Å². The third-order valence-corrected chi connectivity index (χ3v) is 7.10. The van der Waals surface area contributed by atoms with E-state index in [0.29, 0.717) is 17.8 Å². The van der Waals surface area contributed by atoms with E-state index in [9.17, 15) is 14.4 Å². The number of carboxylic acid groups (broad SMARTS) is 1. The topological polar surface area (TPSA) is 111 Å². The van der Waals surface area contributed by atoms with Crippen LogP contribution in [0.25, 0.3) is 0 Å². The lowest BCUT2D eigenvalue weighted by Crippen LogP contribution is -2.33. The molecule has 3 amide bonds. The van der Waals surface area contributed by atoms with Gasteiger partial charge in [0.15, 0.2) is 5.71 Å². The molecule has 38 heavy (non-hydrogen) atoms. The molecule has 0 spiro atoms. The Morgan fingerprint density at radius 2 is 1.76 bits per heavy atom. The first-order valence-electron chi connectivity index (χ1n) is 12.6. The second kappa shape index (κ2) is 12.9. The second-order valence-corrected chi connectivity index (χ2v) is 10.0. The number of hydrogen-bond donors (Lipinski definition) is 3. The Hall–Kier alpha value is -4.11. The first-order chi connectivity index (χ1) is 18.5. The van der Waals surface area contributed by atoms with Crippen LogP contribution in [-0.2, 0) is 11.2 Å². The van der Waals surface area contributed by atoms with E-state index in [1.807, 2.05) is 48.5 Å². The van der Waals surface area contributed by atoms with E-state index in [4.69, 9.17) is 5.11 Å². The predicted octanol–water partition coefficient (Wildman–Crippen LogP) is 5.78. The molecule has 0 atom stereocenters. The van der Waals surface area contributed by atoms with E-state index in [1.54, 1.807) is 40.9 Å². The van der Waals surface area contributed by atoms with Gasteiger partial charge in [0.25, 0.3) is 5.91 Å². The Labute approximate surface area is 226 Å². The summed E-state index contributed by atoms with van der Waals surface area (Å²) in [5, 5.41) is 16.0. The fraction of sp³-hybridized carbons (Fsp3) is 0.241. The van der Waals surface area contributed by atoms with Gasteiger partial charge in [-0.2, -0.15) is 5.10 Å². The van der Waals surface area contributed by atoms with Crippen LogP contribution in [0.3, 0.4) is 0 Å². The average molecular weight is 531 g/mol. The lowest BCUT2D eigenvalue weighted by molar-refractivity contribution is -0.112. The smallest absolute Gasteiger partial charge is 0.339 e. The van der Waals surface area contributed by atoms with Crippen LogP contribution in [0.1, 0.15) is 47.7 Å². The zero-order valence-electron chi connectivity index (χ0n) is 21.1. The molecule has 8 nitrogen and oxygen atoms in total. The van der Waals surface area contributed by atoms with Crippen LogP contribution < -0.4 is 15.6 Å². The normalized spacial score (nSPS) is 13.4. The highest BCUT2D eigenvalue weighted by Gasteiger charge is 2.34. The van der Waals surface area contributed by atoms with Gasteiger partial charge in [0.1, 0.15) is 0 Å². The summed E-state index contributed by atoms with van der Waals surface area (Å²) in [4.78, 5) is 39.4. The van der Waals surface area contributed by atoms with E-state index in [1.165, 1.54) is 0 Å². The number of carbonyl (C=O) groups excluding carboxylic acids is 2. The van der Waals surface area contributed by atoms with Crippen LogP contribution >= 0.6 is 11.8 Å². The van der Waals surface area contributed by atoms with Crippen molar-refractivity contribution in [2.75, 3.05) is 22.5 Å². The number of unbranched alkanes of at least 4 members (excludes halogenated alkanes) is 2. The van der Waals surface area contributed by atoms with E-state index >= 15 is 0 Å². The molecule has 0 aliphatic carbocycles. The van der Waals surface area contributed by atoms with Gasteiger partial charge in [-0.15, -0.1) is 11.8 Å². The van der Waals surface area contributed by atoms with Crippen LogP contribution in [0.5, 0.6) is 0 Å². The number of amides is 3. The zero-order chi connectivity index (χ0) is 26.9. The Morgan fingerprint density at radius 3 is 2.47 bits per heavy atom. The largest absolute Gasteiger partial charge is 0.478 e. The molecule has 9 heteroatoms. The van der Waals surface area contributed by atoms with Crippen LogP contribution in [0.4, 0.5) is 16.2 Å². The lowest BCUT2D eigenvalue weighted by atomic mass is 10.1. The molecule has 0 bridgehead atoms. The van der Waals surface area contributed by atoms with Crippen molar-refractivity contribution in [3.8, 4) is 0 Å². The van der Waals surface area contributed by atoms with Gasteiger partial charge in [0, 0.05) is 28.4 Å². The van der Waals surface area contributed by atoms with Crippen molar-refractivity contribution < 1.29 is 19.5 Å². The molecule has 1 aliphatic heterocycles. The maximum Gasteiger partial charge on any atom is 0.339 e. The molecule has 0 unspecified atom stereocenters. The van der Waals surface area contributed by atoms with Gasteiger partial charge >= 0.3 is 12.0 Å². The summed E-state index contributed by atoms with van der Waals surface area (Å²) in [7, 11) is 0. The van der Waals surface area contributed by atoms with Crippen LogP contribution in [0.15, 0.2) is 82.8 Å². The highest BCUT2D eigenvalue weighted by molar-refractivity contribution is 7.99. The summed E-state index contributed by atoms with van der Waals surface area (Å²) in [6.07, 6.45) is 3.72. The standard InChI is InChI=1S/C29H30N4O4S/c1-2-3-7-17-33-25-15-14-23(38-18-16-20-10-12-21(13-11-20)28(35)36)19-24(25)26(27(33)34)31-32-29(37)30-22-8-5-4-6-9-22/h4-6,8-15,19H,2-3,7,16-18H2,1H3,(H,35,36)(H2,30,32,37). The quantitative estimate of drug-likeness (QED) is 0.165. The molecule has 0 radical (unpaired) electrons. The Bertz CT molecular complexity index is 1330.